The highest BCUT2D eigenvalue weighted by atomic mass is 79.9. The normalized spacial score (nSPS) is 16.9. The maximum Gasteiger partial charge on any atom is 0.431 e. The molecule has 0 fully saturated rings. The molecule has 1 atom stereocenters. The Morgan fingerprint density at radius 3 is 2.95 bits per heavy atom. The lowest BCUT2D eigenvalue weighted by Crippen LogP contribution is -2.20. The molecule has 0 saturated carbocycles. The molecule has 1 aliphatic rings. The molecule has 19 heavy (non-hydrogen) atoms. The average Bonchev–Trinajstić information content (AvgIpc) is 2.37. The van der Waals surface area contributed by atoms with Crippen LogP contribution in [0.4, 0.5) is 0 Å². The molecule has 0 spiro atoms. The fourth-order valence-corrected chi connectivity index (χ4v) is 1.99. The summed E-state index contributed by atoms with van der Waals surface area (Å²) in [6.45, 7) is 1.64. The number of halogens is 1. The lowest BCUT2D eigenvalue weighted by Gasteiger charge is -2.22. The van der Waals surface area contributed by atoms with E-state index in [1.54, 1.807) is 25.1 Å². The average molecular weight is 328 g/mol. The van der Waals surface area contributed by atoms with Gasteiger partial charge >= 0.3 is 11.9 Å². The third-order valence-electron chi connectivity index (χ3n) is 2.52. The van der Waals surface area contributed by atoms with E-state index in [4.69, 9.17) is 9.47 Å². The van der Waals surface area contributed by atoms with Crippen LogP contribution in [-0.2, 0) is 14.3 Å². The molecule has 0 radical (unpaired) electrons. The summed E-state index contributed by atoms with van der Waals surface area (Å²) in [5.74, 6) is -0.928. The molecular formula is C12H10BrNO5. The van der Waals surface area contributed by atoms with Gasteiger partial charge in [0.1, 0.15) is 4.92 Å². The van der Waals surface area contributed by atoms with Crippen LogP contribution in [0.3, 0.4) is 0 Å². The number of ether oxygens (including phenoxy) is 2. The molecule has 1 aromatic rings. The van der Waals surface area contributed by atoms with Gasteiger partial charge in [-0.3, -0.25) is 14.9 Å². The van der Waals surface area contributed by atoms with Crippen molar-refractivity contribution in [2.24, 2.45) is 0 Å². The van der Waals surface area contributed by atoms with Gasteiger partial charge in [-0.25, -0.2) is 0 Å². The Balaban J connectivity index is 2.41. The van der Waals surface area contributed by atoms with E-state index in [0.29, 0.717) is 11.1 Å². The Hall–Kier alpha value is -1.89. The Kier molecular flexibility index (Phi) is 3.84. The summed E-state index contributed by atoms with van der Waals surface area (Å²) in [5.41, 5.74) is 1.16. The predicted molar refractivity (Wildman–Crippen MR) is 69.3 cm³/mol. The van der Waals surface area contributed by atoms with Gasteiger partial charge in [0, 0.05) is 16.5 Å². The first-order chi connectivity index (χ1) is 9.01. The standard InChI is InChI=1S/C12H10BrNO5/c1-2-11(15)19-12-9-4-3-8(13)5-7(9)6-10(18-12)14(16)17/h3-6,12H,2H2,1H3/t12-/m1/s1. The van der Waals surface area contributed by atoms with Gasteiger partial charge in [-0.05, 0) is 23.8 Å². The molecule has 1 aliphatic heterocycles. The van der Waals surface area contributed by atoms with Gasteiger partial charge in [0.15, 0.2) is 0 Å². The van der Waals surface area contributed by atoms with Crippen LogP contribution >= 0.6 is 15.9 Å². The monoisotopic (exact) mass is 327 g/mol. The van der Waals surface area contributed by atoms with Gasteiger partial charge in [-0.1, -0.05) is 22.9 Å². The zero-order valence-electron chi connectivity index (χ0n) is 9.96. The van der Waals surface area contributed by atoms with Crippen LogP contribution in [0, 0.1) is 10.1 Å². The van der Waals surface area contributed by atoms with Crippen molar-refractivity contribution >= 4 is 28.0 Å². The molecule has 2 rings (SSSR count). The first-order valence-electron chi connectivity index (χ1n) is 5.53. The molecule has 1 heterocycles. The Morgan fingerprint density at radius 1 is 1.58 bits per heavy atom. The summed E-state index contributed by atoms with van der Waals surface area (Å²) in [6.07, 6.45) is 0.389. The van der Waals surface area contributed by atoms with Crippen molar-refractivity contribution < 1.29 is 19.2 Å². The molecule has 7 heteroatoms. The Morgan fingerprint density at radius 2 is 2.32 bits per heavy atom. The van der Waals surface area contributed by atoms with Gasteiger partial charge in [0.05, 0.1) is 6.08 Å². The van der Waals surface area contributed by atoms with E-state index in [-0.39, 0.29) is 6.42 Å². The molecule has 0 aliphatic carbocycles. The number of carbonyl (C=O) groups excluding carboxylic acids is 1. The number of benzene rings is 1. The third kappa shape index (κ3) is 2.93. The molecule has 0 N–H and O–H groups in total. The lowest BCUT2D eigenvalue weighted by atomic mass is 10.1. The van der Waals surface area contributed by atoms with Crippen molar-refractivity contribution in [1.82, 2.24) is 0 Å². The summed E-state index contributed by atoms with van der Waals surface area (Å²) in [5, 5.41) is 10.8. The fraction of sp³-hybridized carbons (Fsp3) is 0.250. The van der Waals surface area contributed by atoms with E-state index in [1.165, 1.54) is 6.08 Å². The number of nitrogens with zero attached hydrogens (tertiary/aromatic N) is 1. The Labute approximate surface area is 117 Å². The first kappa shape index (κ1) is 13.5. The van der Waals surface area contributed by atoms with Crippen LogP contribution < -0.4 is 0 Å². The molecule has 0 bridgehead atoms. The topological polar surface area (TPSA) is 78.7 Å². The predicted octanol–water partition coefficient (Wildman–Crippen LogP) is 3.01. The molecule has 100 valence electrons. The zero-order chi connectivity index (χ0) is 14.0. The quantitative estimate of drug-likeness (QED) is 0.484. The highest BCUT2D eigenvalue weighted by Crippen LogP contribution is 2.34. The van der Waals surface area contributed by atoms with Crippen molar-refractivity contribution in [3.63, 3.8) is 0 Å². The van der Waals surface area contributed by atoms with Gasteiger partial charge in [-0.2, -0.15) is 0 Å². The minimum Gasteiger partial charge on any atom is -0.420 e. The van der Waals surface area contributed by atoms with E-state index in [9.17, 15) is 14.9 Å². The number of esters is 1. The van der Waals surface area contributed by atoms with Crippen molar-refractivity contribution in [1.29, 1.82) is 0 Å². The Bertz CT molecular complexity index is 569. The minimum absolute atomic E-state index is 0.170. The highest BCUT2D eigenvalue weighted by molar-refractivity contribution is 9.10. The van der Waals surface area contributed by atoms with Gasteiger partial charge in [0.2, 0.25) is 0 Å². The second-order valence-corrected chi connectivity index (χ2v) is 4.72. The minimum atomic E-state index is -1.08. The first-order valence-corrected chi connectivity index (χ1v) is 6.32. The van der Waals surface area contributed by atoms with E-state index in [2.05, 4.69) is 15.9 Å². The van der Waals surface area contributed by atoms with Crippen LogP contribution in [0.15, 0.2) is 28.6 Å². The molecule has 0 aromatic heterocycles. The summed E-state index contributed by atoms with van der Waals surface area (Å²) in [6, 6.07) is 5.15. The lowest BCUT2D eigenvalue weighted by molar-refractivity contribution is -0.472. The van der Waals surface area contributed by atoms with E-state index in [0.717, 1.165) is 4.47 Å². The number of rotatable bonds is 3. The number of carbonyl (C=O) groups is 1. The van der Waals surface area contributed by atoms with E-state index < -0.39 is 23.1 Å². The van der Waals surface area contributed by atoms with Crippen LogP contribution in [0.25, 0.3) is 6.08 Å². The SMILES string of the molecule is CCC(=O)O[C@H]1OC([N+](=O)[O-])=Cc2cc(Br)ccc21. The second-order valence-electron chi connectivity index (χ2n) is 3.81. The van der Waals surface area contributed by atoms with Crippen LogP contribution in [-0.4, -0.2) is 10.9 Å². The number of nitro groups is 1. The molecule has 0 amide bonds. The van der Waals surface area contributed by atoms with Crippen molar-refractivity contribution in [3.8, 4) is 0 Å². The highest BCUT2D eigenvalue weighted by Gasteiger charge is 2.31. The van der Waals surface area contributed by atoms with Crippen LogP contribution in [0.1, 0.15) is 30.8 Å². The fourth-order valence-electron chi connectivity index (χ4n) is 1.61. The number of hydrogen-bond donors (Lipinski definition) is 0. The zero-order valence-corrected chi connectivity index (χ0v) is 11.5. The summed E-state index contributed by atoms with van der Waals surface area (Å²) < 4.78 is 10.9. The number of hydrogen-bond acceptors (Lipinski definition) is 5. The van der Waals surface area contributed by atoms with Crippen LogP contribution in [0.2, 0.25) is 0 Å². The van der Waals surface area contributed by atoms with Crippen molar-refractivity contribution in [3.05, 3.63) is 49.8 Å². The molecule has 0 saturated heterocycles. The smallest absolute Gasteiger partial charge is 0.420 e. The molecule has 0 unspecified atom stereocenters. The largest absolute Gasteiger partial charge is 0.431 e. The molecule has 1 aromatic carbocycles. The van der Waals surface area contributed by atoms with E-state index >= 15 is 0 Å². The summed E-state index contributed by atoms with van der Waals surface area (Å²) >= 11 is 3.28. The van der Waals surface area contributed by atoms with Gasteiger partial charge in [0.25, 0.3) is 6.29 Å². The van der Waals surface area contributed by atoms with Crippen molar-refractivity contribution in [2.75, 3.05) is 0 Å². The number of fused-ring (bicyclic) bond motifs is 1. The van der Waals surface area contributed by atoms with Crippen LogP contribution in [0.5, 0.6) is 0 Å². The second kappa shape index (κ2) is 5.40. The third-order valence-corrected chi connectivity index (χ3v) is 3.01. The van der Waals surface area contributed by atoms with Crippen molar-refractivity contribution in [2.45, 2.75) is 19.6 Å². The maximum absolute atomic E-state index is 11.3. The molecular weight excluding hydrogens is 318 g/mol. The maximum atomic E-state index is 11.3. The van der Waals surface area contributed by atoms with E-state index in [1.807, 2.05) is 0 Å². The van der Waals surface area contributed by atoms with Gasteiger partial charge < -0.3 is 9.47 Å². The summed E-state index contributed by atoms with van der Waals surface area (Å²) in [7, 11) is 0. The molecule has 6 nitrogen and oxygen atoms in total. The van der Waals surface area contributed by atoms with Gasteiger partial charge in [-0.15, -0.1) is 0 Å². The summed E-state index contributed by atoms with van der Waals surface area (Å²) in [4.78, 5) is 21.5.